The Labute approximate surface area is 148 Å². The van der Waals surface area contributed by atoms with Crippen LogP contribution in [-0.2, 0) is 14.6 Å². The molecule has 0 bridgehead atoms. The van der Waals surface area contributed by atoms with Crippen molar-refractivity contribution in [1.82, 2.24) is 14.9 Å². The number of carbonyl (C=O) groups excluding carboxylic acids is 1. The molecular weight excluding hydrogens is 342 g/mol. The number of aromatic nitrogens is 2. The van der Waals surface area contributed by atoms with Crippen LogP contribution < -0.4 is 9.80 Å². The van der Waals surface area contributed by atoms with E-state index in [1.807, 2.05) is 29.8 Å². The second-order valence-electron chi connectivity index (χ2n) is 6.83. The van der Waals surface area contributed by atoms with E-state index in [-0.39, 0.29) is 23.5 Å². The third-order valence-electron chi connectivity index (χ3n) is 4.95. The fourth-order valence-electron chi connectivity index (χ4n) is 3.35. The average Bonchev–Trinajstić information content (AvgIpc) is 2.93. The van der Waals surface area contributed by atoms with Crippen molar-refractivity contribution in [1.29, 1.82) is 0 Å². The number of carbonyl (C=O) groups is 1. The molecule has 0 saturated carbocycles. The van der Waals surface area contributed by atoms with Gasteiger partial charge in [-0.1, -0.05) is 0 Å². The molecule has 25 heavy (non-hydrogen) atoms. The largest absolute Gasteiger partial charge is 0.355 e. The van der Waals surface area contributed by atoms with E-state index >= 15 is 0 Å². The first kappa shape index (κ1) is 17.9. The molecule has 1 unspecified atom stereocenters. The summed E-state index contributed by atoms with van der Waals surface area (Å²) in [4.78, 5) is 26.5. The number of sulfone groups is 1. The Morgan fingerprint density at radius 1 is 1.24 bits per heavy atom. The number of nitrogens with zero attached hydrogens (tertiary/aromatic N) is 5. The van der Waals surface area contributed by atoms with Crippen molar-refractivity contribution in [2.75, 3.05) is 54.5 Å². The molecule has 8 nitrogen and oxygen atoms in total. The van der Waals surface area contributed by atoms with Gasteiger partial charge in [-0.05, 0) is 13.3 Å². The third-order valence-corrected chi connectivity index (χ3v) is 6.70. The van der Waals surface area contributed by atoms with Gasteiger partial charge in [-0.3, -0.25) is 4.79 Å². The molecule has 2 aliphatic heterocycles. The number of hydrogen-bond donors (Lipinski definition) is 0. The molecule has 0 N–H and O–H groups in total. The van der Waals surface area contributed by atoms with Crippen LogP contribution in [0.1, 0.15) is 19.0 Å². The molecule has 1 amide bonds. The summed E-state index contributed by atoms with van der Waals surface area (Å²) in [7, 11) is -1.04. The lowest BCUT2D eigenvalue weighted by Gasteiger charge is -2.35. The van der Waals surface area contributed by atoms with Crippen LogP contribution >= 0.6 is 0 Å². The fraction of sp³-hybridized carbons (Fsp3) is 0.688. The highest BCUT2D eigenvalue weighted by Gasteiger charge is 2.31. The van der Waals surface area contributed by atoms with E-state index in [0.717, 1.165) is 11.5 Å². The van der Waals surface area contributed by atoms with E-state index in [1.165, 1.54) is 0 Å². The highest BCUT2D eigenvalue weighted by Crippen LogP contribution is 2.24. The van der Waals surface area contributed by atoms with Gasteiger partial charge in [0.25, 0.3) is 0 Å². The predicted molar refractivity (Wildman–Crippen MR) is 96.7 cm³/mol. The maximum Gasteiger partial charge on any atom is 0.227 e. The zero-order valence-electron chi connectivity index (χ0n) is 15.0. The number of hydrogen-bond acceptors (Lipinski definition) is 7. The smallest absolute Gasteiger partial charge is 0.227 e. The molecule has 1 aromatic rings. The molecule has 0 radical (unpaired) electrons. The Morgan fingerprint density at radius 3 is 2.48 bits per heavy atom. The van der Waals surface area contributed by atoms with Crippen molar-refractivity contribution in [3.63, 3.8) is 0 Å². The van der Waals surface area contributed by atoms with Gasteiger partial charge in [0.05, 0.1) is 11.5 Å². The second kappa shape index (κ2) is 6.78. The summed E-state index contributed by atoms with van der Waals surface area (Å²) in [6.45, 7) is 6.23. The number of amides is 1. The fourth-order valence-corrected chi connectivity index (χ4v) is 5.12. The van der Waals surface area contributed by atoms with E-state index in [4.69, 9.17) is 0 Å². The standard InChI is InChI=1S/C16H25N5O3S/c1-12-10-15(19(3)14-4-9-25(23,24)11-14)18-16(17-12)21-7-5-20(6-8-21)13(2)22/h10,14H,4-9,11H2,1-3H3. The van der Waals surface area contributed by atoms with Crippen LogP contribution in [-0.4, -0.2) is 80.0 Å². The minimum Gasteiger partial charge on any atom is -0.355 e. The molecular formula is C16H25N5O3S. The SMILES string of the molecule is CC(=O)N1CCN(c2nc(C)cc(N(C)C3CCS(=O)(=O)C3)n2)CC1. The lowest BCUT2D eigenvalue weighted by Crippen LogP contribution is -2.48. The first-order valence-corrected chi connectivity index (χ1v) is 10.4. The summed E-state index contributed by atoms with van der Waals surface area (Å²) in [5.74, 6) is 1.91. The lowest BCUT2D eigenvalue weighted by atomic mass is 10.2. The Morgan fingerprint density at radius 2 is 1.92 bits per heavy atom. The molecule has 3 heterocycles. The van der Waals surface area contributed by atoms with Gasteiger partial charge in [-0.25, -0.2) is 13.4 Å². The Hall–Kier alpha value is -1.90. The average molecular weight is 367 g/mol. The second-order valence-corrected chi connectivity index (χ2v) is 9.06. The number of anilines is 2. The summed E-state index contributed by atoms with van der Waals surface area (Å²) in [5.41, 5.74) is 0.849. The van der Waals surface area contributed by atoms with Gasteiger partial charge in [-0.15, -0.1) is 0 Å². The Kier molecular flexibility index (Phi) is 4.86. The quantitative estimate of drug-likeness (QED) is 0.747. The van der Waals surface area contributed by atoms with Crippen molar-refractivity contribution in [2.45, 2.75) is 26.3 Å². The third kappa shape index (κ3) is 4.02. The number of piperazine rings is 1. The van der Waals surface area contributed by atoms with Crippen LogP contribution in [0.4, 0.5) is 11.8 Å². The van der Waals surface area contributed by atoms with Crippen LogP contribution in [0.15, 0.2) is 6.07 Å². The van der Waals surface area contributed by atoms with Crippen LogP contribution in [0.25, 0.3) is 0 Å². The van der Waals surface area contributed by atoms with Crippen LogP contribution in [0, 0.1) is 6.92 Å². The van der Waals surface area contributed by atoms with E-state index in [9.17, 15) is 13.2 Å². The van der Waals surface area contributed by atoms with Gasteiger partial charge in [0.15, 0.2) is 9.84 Å². The summed E-state index contributed by atoms with van der Waals surface area (Å²) in [5, 5.41) is 0. The van der Waals surface area contributed by atoms with E-state index in [1.54, 1.807) is 6.92 Å². The van der Waals surface area contributed by atoms with Gasteiger partial charge in [0, 0.05) is 58.0 Å². The van der Waals surface area contributed by atoms with Gasteiger partial charge < -0.3 is 14.7 Å². The summed E-state index contributed by atoms with van der Waals surface area (Å²) >= 11 is 0. The predicted octanol–water partition coefficient (Wildman–Crippen LogP) is 0.0768. The molecule has 3 rings (SSSR count). The molecule has 138 valence electrons. The monoisotopic (exact) mass is 367 g/mol. The lowest BCUT2D eigenvalue weighted by molar-refractivity contribution is -0.129. The first-order chi connectivity index (χ1) is 11.7. The Bertz CT molecular complexity index is 759. The van der Waals surface area contributed by atoms with Crippen LogP contribution in [0.3, 0.4) is 0 Å². The molecule has 0 spiro atoms. The van der Waals surface area contributed by atoms with Crippen LogP contribution in [0.5, 0.6) is 0 Å². The van der Waals surface area contributed by atoms with Crippen LogP contribution in [0.2, 0.25) is 0 Å². The minimum atomic E-state index is -2.94. The van der Waals surface area contributed by atoms with Crippen molar-refractivity contribution in [3.05, 3.63) is 11.8 Å². The maximum absolute atomic E-state index is 11.7. The van der Waals surface area contributed by atoms with Gasteiger partial charge >= 0.3 is 0 Å². The van der Waals surface area contributed by atoms with E-state index < -0.39 is 9.84 Å². The summed E-state index contributed by atoms with van der Waals surface area (Å²) < 4.78 is 23.5. The molecule has 2 aliphatic rings. The van der Waals surface area contributed by atoms with Gasteiger partial charge in [0.1, 0.15) is 5.82 Å². The molecule has 9 heteroatoms. The van der Waals surface area contributed by atoms with E-state index in [2.05, 4.69) is 14.9 Å². The zero-order valence-corrected chi connectivity index (χ0v) is 15.8. The summed E-state index contributed by atoms with van der Waals surface area (Å²) in [6.07, 6.45) is 0.633. The first-order valence-electron chi connectivity index (χ1n) is 8.54. The number of aryl methyl sites for hydroxylation is 1. The maximum atomic E-state index is 11.7. The molecule has 1 aromatic heterocycles. The van der Waals surface area contributed by atoms with Crippen molar-refractivity contribution < 1.29 is 13.2 Å². The summed E-state index contributed by atoms with van der Waals surface area (Å²) in [6, 6.07) is 1.85. The molecule has 0 aromatic carbocycles. The molecule has 2 saturated heterocycles. The van der Waals surface area contributed by atoms with Crippen molar-refractivity contribution in [3.8, 4) is 0 Å². The van der Waals surface area contributed by atoms with Crippen molar-refractivity contribution >= 4 is 27.5 Å². The minimum absolute atomic E-state index is 0.0401. The van der Waals surface area contributed by atoms with Gasteiger partial charge in [-0.2, -0.15) is 4.98 Å². The topological polar surface area (TPSA) is 86.7 Å². The molecule has 2 fully saturated rings. The zero-order chi connectivity index (χ0) is 18.2. The highest BCUT2D eigenvalue weighted by atomic mass is 32.2. The highest BCUT2D eigenvalue weighted by molar-refractivity contribution is 7.91. The molecule has 0 aliphatic carbocycles. The van der Waals surface area contributed by atoms with Gasteiger partial charge in [0.2, 0.25) is 11.9 Å². The van der Waals surface area contributed by atoms with E-state index in [0.29, 0.717) is 38.5 Å². The molecule has 1 atom stereocenters. The normalized spacial score (nSPS) is 22.9. The number of rotatable bonds is 3. The van der Waals surface area contributed by atoms with Crippen molar-refractivity contribution in [2.24, 2.45) is 0 Å². The Balaban J connectivity index is 1.76.